The molecule has 0 bridgehead atoms. The number of hydrogen-bond donors (Lipinski definition) is 3. The third-order valence-electron chi connectivity index (χ3n) is 8.23. The van der Waals surface area contributed by atoms with Crippen LogP contribution in [0.4, 0.5) is 20.2 Å². The van der Waals surface area contributed by atoms with Crippen LogP contribution in [0.15, 0.2) is 47.2 Å². The van der Waals surface area contributed by atoms with Gasteiger partial charge in [-0.2, -0.15) is 4.58 Å². The molecule has 0 radical (unpaired) electrons. The van der Waals surface area contributed by atoms with Gasteiger partial charge in [-0.1, -0.05) is 0 Å². The number of pyridine rings is 3. The van der Waals surface area contributed by atoms with Gasteiger partial charge in [-0.25, -0.2) is 31.9 Å². The summed E-state index contributed by atoms with van der Waals surface area (Å²) in [4.78, 5) is 40.7. The zero-order valence-corrected chi connectivity index (χ0v) is 25.4. The lowest BCUT2D eigenvalue weighted by Crippen LogP contribution is -2.33. The first-order valence-corrected chi connectivity index (χ1v) is 15.8. The van der Waals surface area contributed by atoms with Crippen LogP contribution in [0, 0.1) is 11.6 Å². The number of nitrogens with one attached hydrogen (secondary N) is 3. The fourth-order valence-electron chi connectivity index (χ4n) is 6.30. The number of aromatic amines is 1. The van der Waals surface area contributed by atoms with E-state index >= 15 is 4.39 Å². The number of aryl methyl sites for hydroxylation is 1. The SMILES string of the molecule is CNc1cc(F)c(F)c2c1[nH]c1ncc(-c3cnc4c(c3)c(=O)c(C(=O)NS(C)(=O)=O)cn4C)c([N+]3=C4CN(C)CC4=CC3)c12. The average molecular weight is 634 g/mol. The van der Waals surface area contributed by atoms with Gasteiger partial charge in [-0.3, -0.25) is 14.5 Å². The van der Waals surface area contributed by atoms with Gasteiger partial charge in [-0.05, 0) is 19.2 Å². The molecule has 15 heteroatoms. The third-order valence-corrected chi connectivity index (χ3v) is 8.78. The molecular formula is C30H27F2N8O4S+. The Morgan fingerprint density at radius 2 is 1.89 bits per heavy atom. The van der Waals surface area contributed by atoms with Crippen LogP contribution in [0.2, 0.25) is 0 Å². The van der Waals surface area contributed by atoms with E-state index in [0.717, 1.165) is 30.2 Å². The Kier molecular flexibility index (Phi) is 6.39. The number of sulfonamides is 1. The van der Waals surface area contributed by atoms with E-state index in [-0.39, 0.29) is 22.0 Å². The number of hydrogen-bond acceptors (Lipinski definition) is 8. The molecule has 1 fully saturated rings. The Labute approximate surface area is 254 Å². The highest BCUT2D eigenvalue weighted by molar-refractivity contribution is 7.89. The van der Waals surface area contributed by atoms with Crippen LogP contribution in [0.5, 0.6) is 0 Å². The summed E-state index contributed by atoms with van der Waals surface area (Å²) in [6.07, 6.45) is 7.28. The van der Waals surface area contributed by atoms with E-state index in [4.69, 9.17) is 0 Å². The molecule has 12 nitrogen and oxygen atoms in total. The number of benzene rings is 1. The molecule has 1 aromatic carbocycles. The molecule has 4 aromatic heterocycles. The van der Waals surface area contributed by atoms with Gasteiger partial charge in [-0.15, -0.1) is 0 Å². The van der Waals surface area contributed by atoms with E-state index in [1.165, 1.54) is 10.8 Å². The van der Waals surface area contributed by atoms with Crippen LogP contribution in [0.3, 0.4) is 0 Å². The van der Waals surface area contributed by atoms with Gasteiger partial charge in [0.25, 0.3) is 5.91 Å². The van der Waals surface area contributed by atoms with Crippen molar-refractivity contribution in [3.8, 4) is 11.1 Å². The van der Waals surface area contributed by atoms with Crippen molar-refractivity contribution < 1.29 is 26.6 Å². The number of anilines is 1. The van der Waals surface area contributed by atoms with Crippen molar-refractivity contribution in [3.63, 3.8) is 0 Å². The summed E-state index contributed by atoms with van der Waals surface area (Å²) < 4.78 is 59.4. The number of aromatic nitrogens is 4. The maximum Gasteiger partial charge on any atom is 0.270 e. The van der Waals surface area contributed by atoms with E-state index < -0.39 is 33.0 Å². The second-order valence-electron chi connectivity index (χ2n) is 11.3. The molecule has 0 spiro atoms. The molecule has 3 N–H and O–H groups in total. The molecule has 2 aliphatic heterocycles. The fourth-order valence-corrected chi connectivity index (χ4v) is 6.75. The first kappa shape index (κ1) is 28.7. The monoisotopic (exact) mass is 633 g/mol. The van der Waals surface area contributed by atoms with Crippen LogP contribution in [-0.4, -0.2) is 89.0 Å². The number of likely N-dealkylation sites (tertiary alicyclic amines) is 1. The zero-order valence-electron chi connectivity index (χ0n) is 24.6. The largest absolute Gasteiger partial charge is 0.386 e. The van der Waals surface area contributed by atoms with Crippen molar-refractivity contribution in [1.29, 1.82) is 0 Å². The van der Waals surface area contributed by atoms with Crippen molar-refractivity contribution in [2.24, 2.45) is 7.05 Å². The first-order valence-electron chi connectivity index (χ1n) is 13.9. The summed E-state index contributed by atoms with van der Waals surface area (Å²) >= 11 is 0. The normalized spacial score (nSPS) is 15.4. The Bertz CT molecular complexity index is 2400. The number of fused-ring (bicyclic) bond motifs is 5. The van der Waals surface area contributed by atoms with E-state index in [1.54, 1.807) is 32.6 Å². The highest BCUT2D eigenvalue weighted by Crippen LogP contribution is 2.44. The van der Waals surface area contributed by atoms with E-state index in [9.17, 15) is 22.4 Å². The quantitative estimate of drug-likeness (QED) is 0.251. The van der Waals surface area contributed by atoms with Crippen molar-refractivity contribution in [2.45, 2.75) is 0 Å². The predicted molar refractivity (Wildman–Crippen MR) is 167 cm³/mol. The second kappa shape index (κ2) is 10.0. The summed E-state index contributed by atoms with van der Waals surface area (Å²) in [6, 6.07) is 2.64. The lowest BCUT2D eigenvalue weighted by Gasteiger charge is -2.12. The number of likely N-dealkylation sites (N-methyl/N-ethyl adjacent to an activating group) is 1. The van der Waals surface area contributed by atoms with Crippen molar-refractivity contribution >= 4 is 66.0 Å². The number of H-pyrrole nitrogens is 1. The predicted octanol–water partition coefficient (Wildman–Crippen LogP) is 2.61. The molecule has 45 heavy (non-hydrogen) atoms. The summed E-state index contributed by atoms with van der Waals surface area (Å²) in [7, 11) is 1.26. The molecule has 230 valence electrons. The van der Waals surface area contributed by atoms with Gasteiger partial charge in [0.1, 0.15) is 22.2 Å². The molecule has 2 aliphatic rings. The summed E-state index contributed by atoms with van der Waals surface area (Å²) in [5.74, 6) is -3.11. The number of carbonyl (C=O) groups excluding carboxylic acids is 1. The zero-order chi connectivity index (χ0) is 31.9. The van der Waals surface area contributed by atoms with Gasteiger partial charge >= 0.3 is 0 Å². The number of nitrogens with zero attached hydrogens (tertiary/aromatic N) is 5. The highest BCUT2D eigenvalue weighted by atomic mass is 32.2. The lowest BCUT2D eigenvalue weighted by molar-refractivity contribution is -0.422. The molecule has 0 unspecified atom stereocenters. The van der Waals surface area contributed by atoms with E-state index in [2.05, 4.69) is 31.2 Å². The minimum atomic E-state index is -3.93. The van der Waals surface area contributed by atoms with Gasteiger partial charge in [0.15, 0.2) is 18.2 Å². The van der Waals surface area contributed by atoms with Gasteiger partial charge in [0.2, 0.25) is 26.9 Å². The summed E-state index contributed by atoms with van der Waals surface area (Å²) in [5.41, 5.74) is 3.84. The van der Waals surface area contributed by atoms with Crippen LogP contribution >= 0.6 is 0 Å². The van der Waals surface area contributed by atoms with Gasteiger partial charge < -0.3 is 14.9 Å². The summed E-state index contributed by atoms with van der Waals surface area (Å²) in [5, 5.41) is 3.37. The third kappa shape index (κ3) is 4.49. The molecule has 0 saturated carbocycles. The fraction of sp³-hybridized carbons (Fsp3) is 0.233. The van der Waals surface area contributed by atoms with Crippen LogP contribution in [0.25, 0.3) is 44.1 Å². The molecule has 1 saturated heterocycles. The van der Waals surface area contributed by atoms with Crippen molar-refractivity contribution in [2.75, 3.05) is 45.3 Å². The minimum absolute atomic E-state index is 0.0310. The first-order chi connectivity index (χ1) is 21.4. The molecule has 6 heterocycles. The van der Waals surface area contributed by atoms with Gasteiger partial charge in [0, 0.05) is 56.4 Å². The minimum Gasteiger partial charge on any atom is -0.386 e. The van der Waals surface area contributed by atoms with E-state index in [0.29, 0.717) is 52.1 Å². The number of amides is 1. The number of rotatable bonds is 5. The van der Waals surface area contributed by atoms with Crippen LogP contribution in [0.1, 0.15) is 10.4 Å². The molecule has 5 aromatic rings. The molecule has 0 aliphatic carbocycles. The Morgan fingerprint density at radius 3 is 2.62 bits per heavy atom. The second-order valence-corrected chi connectivity index (χ2v) is 13.1. The Morgan fingerprint density at radius 1 is 1.11 bits per heavy atom. The Hall–Kier alpha value is -5.02. The topological polar surface area (TPSA) is 145 Å². The maximum absolute atomic E-state index is 15.7. The maximum atomic E-state index is 15.7. The van der Waals surface area contributed by atoms with Crippen molar-refractivity contribution in [1.82, 2.24) is 29.1 Å². The number of halogens is 2. The smallest absolute Gasteiger partial charge is 0.270 e. The molecule has 7 rings (SSSR count). The lowest BCUT2D eigenvalue weighted by atomic mass is 10.0. The summed E-state index contributed by atoms with van der Waals surface area (Å²) in [6.45, 7) is 1.85. The van der Waals surface area contributed by atoms with Crippen LogP contribution in [-0.2, 0) is 17.1 Å². The highest BCUT2D eigenvalue weighted by Gasteiger charge is 2.37. The standard InChI is InChI=1S/C30H26F2N8O4S/c1-33-20-8-19(31)24(32)22-23-26(40-6-5-14-11-38(2)13-21(14)40)17(10-34-28(23)36-25(20)22)15-7-16-27(41)18(30(42)37-45(4,43)44)12-39(3)29(16)35-9-15/h5,7-10,12,33H,6,11,13H2,1-4H3,(H-,34,36,37,42)/p+1. The Balaban J connectivity index is 1.55. The van der Waals surface area contributed by atoms with Gasteiger partial charge in [0.05, 0.1) is 40.3 Å². The number of carbonyl (C=O) groups is 1. The van der Waals surface area contributed by atoms with Crippen LogP contribution < -0.4 is 15.5 Å². The average Bonchev–Trinajstić information content (AvgIpc) is 3.67. The van der Waals surface area contributed by atoms with E-state index in [1.807, 2.05) is 16.3 Å². The molecule has 0 atom stereocenters. The molecular weight excluding hydrogens is 606 g/mol. The van der Waals surface area contributed by atoms with Crippen molar-refractivity contribution in [3.05, 3.63) is 69.8 Å². The molecule has 1 amide bonds.